The van der Waals surface area contributed by atoms with Crippen molar-refractivity contribution in [2.75, 3.05) is 13.2 Å². The molecule has 0 bridgehead atoms. The Hall–Kier alpha value is -1.00. The summed E-state index contributed by atoms with van der Waals surface area (Å²) in [7, 11) is 0. The van der Waals surface area contributed by atoms with Gasteiger partial charge in [0.2, 0.25) is 0 Å². The van der Waals surface area contributed by atoms with Crippen molar-refractivity contribution in [3.05, 3.63) is 24.3 Å². The first kappa shape index (κ1) is 10.1. The summed E-state index contributed by atoms with van der Waals surface area (Å²) in [6.45, 7) is 3.71. The summed E-state index contributed by atoms with van der Waals surface area (Å²) in [5, 5.41) is 12.0. The van der Waals surface area contributed by atoms with Gasteiger partial charge in [-0.2, -0.15) is 0 Å². The van der Waals surface area contributed by atoms with E-state index < -0.39 is 0 Å². The fourth-order valence-corrected chi connectivity index (χ4v) is 0.932. The van der Waals surface area contributed by atoms with Gasteiger partial charge < -0.3 is 10.4 Å². The lowest BCUT2D eigenvalue weighted by Gasteiger charge is -2.08. The van der Waals surface area contributed by atoms with Crippen molar-refractivity contribution in [1.82, 2.24) is 15.3 Å². The van der Waals surface area contributed by atoms with Crippen molar-refractivity contribution < 1.29 is 5.11 Å². The molecule has 0 amide bonds. The summed E-state index contributed by atoms with van der Waals surface area (Å²) in [6.07, 6.45) is 5.06. The van der Waals surface area contributed by atoms with E-state index in [0.29, 0.717) is 6.54 Å². The van der Waals surface area contributed by atoms with Crippen LogP contribution in [0.5, 0.6) is 0 Å². The number of nitrogens with zero attached hydrogens (tertiary/aromatic N) is 2. The predicted molar refractivity (Wildman–Crippen MR) is 50.0 cm³/mol. The third kappa shape index (κ3) is 3.96. The maximum atomic E-state index is 8.76. The van der Waals surface area contributed by atoms with Crippen molar-refractivity contribution in [2.45, 2.75) is 13.5 Å². The van der Waals surface area contributed by atoms with Crippen LogP contribution in [0.2, 0.25) is 0 Å². The highest BCUT2D eigenvalue weighted by Crippen LogP contribution is 1.92. The third-order valence-electron chi connectivity index (χ3n) is 1.73. The third-order valence-corrected chi connectivity index (χ3v) is 1.73. The van der Waals surface area contributed by atoms with Crippen LogP contribution in [0.15, 0.2) is 18.6 Å². The molecule has 1 aromatic rings. The molecular weight excluding hydrogens is 166 g/mol. The van der Waals surface area contributed by atoms with E-state index in [1.165, 1.54) is 0 Å². The normalized spacial score (nSPS) is 12.8. The molecule has 0 saturated carbocycles. The molecule has 0 radical (unpaired) electrons. The van der Waals surface area contributed by atoms with Crippen LogP contribution < -0.4 is 5.32 Å². The fraction of sp³-hybridized carbons (Fsp3) is 0.556. The van der Waals surface area contributed by atoms with Crippen molar-refractivity contribution in [3.8, 4) is 0 Å². The zero-order chi connectivity index (χ0) is 9.52. The van der Waals surface area contributed by atoms with Crippen LogP contribution in [0.3, 0.4) is 0 Å². The fourth-order valence-electron chi connectivity index (χ4n) is 0.932. The van der Waals surface area contributed by atoms with E-state index >= 15 is 0 Å². The molecule has 0 aliphatic carbocycles. The van der Waals surface area contributed by atoms with E-state index in [0.717, 1.165) is 12.2 Å². The van der Waals surface area contributed by atoms with Crippen molar-refractivity contribution in [2.24, 2.45) is 5.92 Å². The van der Waals surface area contributed by atoms with Gasteiger partial charge in [-0.1, -0.05) is 6.92 Å². The smallest absolute Gasteiger partial charge is 0.0724 e. The van der Waals surface area contributed by atoms with Crippen molar-refractivity contribution in [1.29, 1.82) is 0 Å². The van der Waals surface area contributed by atoms with Gasteiger partial charge in [0.15, 0.2) is 0 Å². The molecule has 1 aromatic heterocycles. The molecule has 0 saturated heterocycles. The Bertz CT molecular complexity index is 228. The standard InChI is InChI=1S/C9H15N3O/c1-8(7-13)4-11-6-9-5-10-2-3-12-9/h2-3,5,8,11,13H,4,6-7H2,1H3. The van der Waals surface area contributed by atoms with Crippen LogP contribution in [0.4, 0.5) is 0 Å². The molecule has 2 N–H and O–H groups in total. The highest BCUT2D eigenvalue weighted by molar-refractivity contribution is 4.93. The molecule has 1 heterocycles. The first-order valence-corrected chi connectivity index (χ1v) is 4.39. The number of hydrogen-bond acceptors (Lipinski definition) is 4. The molecule has 0 aliphatic rings. The van der Waals surface area contributed by atoms with E-state index in [4.69, 9.17) is 5.11 Å². The van der Waals surface area contributed by atoms with Gasteiger partial charge in [-0.15, -0.1) is 0 Å². The molecular formula is C9H15N3O. The highest BCUT2D eigenvalue weighted by Gasteiger charge is 1.98. The molecule has 1 unspecified atom stereocenters. The SMILES string of the molecule is CC(CO)CNCc1cnccn1. The zero-order valence-corrected chi connectivity index (χ0v) is 7.77. The monoisotopic (exact) mass is 181 g/mol. The van der Waals surface area contributed by atoms with Gasteiger partial charge >= 0.3 is 0 Å². The van der Waals surface area contributed by atoms with Gasteiger partial charge in [0.05, 0.1) is 5.69 Å². The van der Waals surface area contributed by atoms with Gasteiger partial charge in [-0.3, -0.25) is 9.97 Å². The van der Waals surface area contributed by atoms with Crippen molar-refractivity contribution >= 4 is 0 Å². The Kier molecular flexibility index (Phi) is 4.35. The lowest BCUT2D eigenvalue weighted by molar-refractivity contribution is 0.233. The van der Waals surface area contributed by atoms with Crippen LogP contribution in [-0.4, -0.2) is 28.2 Å². The second-order valence-corrected chi connectivity index (χ2v) is 3.12. The number of aliphatic hydroxyl groups is 1. The van der Waals surface area contributed by atoms with Crippen LogP contribution in [0.1, 0.15) is 12.6 Å². The second kappa shape index (κ2) is 5.61. The average molecular weight is 181 g/mol. The summed E-state index contributed by atoms with van der Waals surface area (Å²) in [5.74, 6) is 0.289. The van der Waals surface area contributed by atoms with Crippen LogP contribution in [0.25, 0.3) is 0 Å². The maximum absolute atomic E-state index is 8.76. The molecule has 4 nitrogen and oxygen atoms in total. The lowest BCUT2D eigenvalue weighted by atomic mass is 10.2. The Morgan fingerprint density at radius 2 is 2.38 bits per heavy atom. The lowest BCUT2D eigenvalue weighted by Crippen LogP contribution is -2.23. The Morgan fingerprint density at radius 3 is 3.00 bits per heavy atom. The van der Waals surface area contributed by atoms with E-state index in [9.17, 15) is 0 Å². The minimum Gasteiger partial charge on any atom is -0.396 e. The molecule has 72 valence electrons. The minimum atomic E-state index is 0.216. The van der Waals surface area contributed by atoms with Gasteiger partial charge in [-0.25, -0.2) is 0 Å². The molecule has 0 aliphatic heterocycles. The van der Waals surface area contributed by atoms with Crippen LogP contribution in [0, 0.1) is 5.92 Å². The van der Waals surface area contributed by atoms with Gasteiger partial charge in [0.1, 0.15) is 0 Å². The van der Waals surface area contributed by atoms with Gasteiger partial charge in [0, 0.05) is 38.3 Å². The van der Waals surface area contributed by atoms with Gasteiger partial charge in [-0.05, 0) is 5.92 Å². The topological polar surface area (TPSA) is 58.0 Å². The molecule has 1 atom stereocenters. The highest BCUT2D eigenvalue weighted by atomic mass is 16.3. The summed E-state index contributed by atoms with van der Waals surface area (Å²) in [5.41, 5.74) is 0.924. The molecule has 0 aromatic carbocycles. The number of aromatic nitrogens is 2. The summed E-state index contributed by atoms with van der Waals surface area (Å²) >= 11 is 0. The summed E-state index contributed by atoms with van der Waals surface area (Å²) in [6, 6.07) is 0. The average Bonchev–Trinajstić information content (AvgIpc) is 2.19. The van der Waals surface area contributed by atoms with Crippen LogP contribution in [-0.2, 0) is 6.54 Å². The Morgan fingerprint density at radius 1 is 1.54 bits per heavy atom. The number of rotatable bonds is 5. The minimum absolute atomic E-state index is 0.216. The molecule has 13 heavy (non-hydrogen) atoms. The first-order valence-electron chi connectivity index (χ1n) is 4.39. The van der Waals surface area contributed by atoms with Crippen LogP contribution >= 0.6 is 0 Å². The Balaban J connectivity index is 2.20. The largest absolute Gasteiger partial charge is 0.396 e. The van der Waals surface area contributed by atoms with E-state index in [-0.39, 0.29) is 12.5 Å². The van der Waals surface area contributed by atoms with E-state index in [2.05, 4.69) is 15.3 Å². The van der Waals surface area contributed by atoms with E-state index in [1.807, 2.05) is 6.92 Å². The number of nitrogens with one attached hydrogen (secondary N) is 1. The quantitative estimate of drug-likeness (QED) is 0.681. The first-order chi connectivity index (χ1) is 6.33. The number of hydrogen-bond donors (Lipinski definition) is 2. The predicted octanol–water partition coefficient (Wildman–Crippen LogP) is 0.195. The summed E-state index contributed by atoms with van der Waals surface area (Å²) in [4.78, 5) is 8.06. The second-order valence-electron chi connectivity index (χ2n) is 3.12. The van der Waals surface area contributed by atoms with E-state index in [1.54, 1.807) is 18.6 Å². The maximum Gasteiger partial charge on any atom is 0.0724 e. The molecule has 4 heteroatoms. The summed E-state index contributed by atoms with van der Waals surface area (Å²) < 4.78 is 0. The number of aliphatic hydroxyl groups excluding tert-OH is 1. The molecule has 0 spiro atoms. The molecule has 0 fully saturated rings. The van der Waals surface area contributed by atoms with Gasteiger partial charge in [0.25, 0.3) is 0 Å². The zero-order valence-electron chi connectivity index (χ0n) is 7.77. The van der Waals surface area contributed by atoms with Crippen molar-refractivity contribution in [3.63, 3.8) is 0 Å². The Labute approximate surface area is 78.0 Å². The molecule has 1 rings (SSSR count).